The van der Waals surface area contributed by atoms with E-state index in [4.69, 9.17) is 18.9 Å². The highest BCUT2D eigenvalue weighted by Gasteiger charge is 2.39. The van der Waals surface area contributed by atoms with E-state index in [1.807, 2.05) is 0 Å². The molecular weight excluding hydrogens is 332 g/mol. The largest absolute Gasteiger partial charge is 0.355 e. The van der Waals surface area contributed by atoms with Gasteiger partial charge in [0.05, 0.1) is 12.0 Å². The Bertz CT molecular complexity index is 426. The average molecular weight is 369 g/mol. The standard InChI is InChI=1S/C21H36O5/c1-4-5-6-9-17(26-19-10-7-8-15-25-19)13-11-16-12-14-18(22)20(16)21(23-2)24-3/h11,13,16-17,19-21H,4-10,12,14-15H2,1-3H3/t16-,17?,19?,20+/m0/s1. The van der Waals surface area contributed by atoms with Crippen LogP contribution >= 0.6 is 0 Å². The Hall–Kier alpha value is -0.750. The summed E-state index contributed by atoms with van der Waals surface area (Å²) < 4.78 is 22.7. The van der Waals surface area contributed by atoms with Crippen LogP contribution in [-0.2, 0) is 23.7 Å². The summed E-state index contributed by atoms with van der Waals surface area (Å²) in [5.74, 6) is 0.160. The number of ketones is 1. The molecule has 0 amide bonds. The molecule has 0 aromatic carbocycles. The first-order chi connectivity index (χ1) is 12.7. The van der Waals surface area contributed by atoms with Crippen molar-refractivity contribution in [3.05, 3.63) is 12.2 Å². The van der Waals surface area contributed by atoms with Crippen LogP contribution < -0.4 is 0 Å². The fraction of sp³-hybridized carbons (Fsp3) is 0.857. The zero-order chi connectivity index (χ0) is 18.8. The minimum absolute atomic E-state index is 0.0459. The second-order valence-electron chi connectivity index (χ2n) is 7.39. The van der Waals surface area contributed by atoms with Crippen LogP contribution in [0.3, 0.4) is 0 Å². The van der Waals surface area contributed by atoms with Crippen molar-refractivity contribution in [1.82, 2.24) is 0 Å². The lowest BCUT2D eigenvalue weighted by molar-refractivity contribution is -0.179. The molecule has 5 nitrogen and oxygen atoms in total. The summed E-state index contributed by atoms with van der Waals surface area (Å²) in [7, 11) is 3.19. The van der Waals surface area contributed by atoms with Crippen molar-refractivity contribution in [2.75, 3.05) is 20.8 Å². The lowest BCUT2D eigenvalue weighted by atomic mass is 9.93. The van der Waals surface area contributed by atoms with Crippen LogP contribution in [0.5, 0.6) is 0 Å². The molecule has 1 saturated heterocycles. The first kappa shape index (κ1) is 21.5. The van der Waals surface area contributed by atoms with E-state index in [0.717, 1.165) is 38.7 Å². The van der Waals surface area contributed by atoms with E-state index in [1.54, 1.807) is 14.2 Å². The number of allylic oxidation sites excluding steroid dienone is 1. The predicted molar refractivity (Wildman–Crippen MR) is 101 cm³/mol. The highest BCUT2D eigenvalue weighted by Crippen LogP contribution is 2.34. The Labute approximate surface area is 158 Å². The molecule has 0 bridgehead atoms. The molecule has 2 unspecified atom stereocenters. The maximum absolute atomic E-state index is 12.3. The van der Waals surface area contributed by atoms with E-state index in [2.05, 4.69) is 19.1 Å². The molecule has 1 heterocycles. The molecule has 1 aliphatic heterocycles. The molecule has 1 saturated carbocycles. The van der Waals surface area contributed by atoms with Gasteiger partial charge in [-0.2, -0.15) is 0 Å². The van der Waals surface area contributed by atoms with Crippen LogP contribution in [0.2, 0.25) is 0 Å². The fourth-order valence-corrected chi connectivity index (χ4v) is 3.94. The quantitative estimate of drug-likeness (QED) is 0.310. The number of ether oxygens (including phenoxy) is 4. The van der Waals surface area contributed by atoms with E-state index in [-0.39, 0.29) is 30.0 Å². The monoisotopic (exact) mass is 368 g/mol. The summed E-state index contributed by atoms with van der Waals surface area (Å²) >= 11 is 0. The Morgan fingerprint density at radius 1 is 1.19 bits per heavy atom. The van der Waals surface area contributed by atoms with Crippen LogP contribution in [0.25, 0.3) is 0 Å². The van der Waals surface area contributed by atoms with Crippen LogP contribution in [0.1, 0.15) is 64.7 Å². The number of hydrogen-bond donors (Lipinski definition) is 0. The van der Waals surface area contributed by atoms with Crippen molar-refractivity contribution in [2.24, 2.45) is 11.8 Å². The Balaban J connectivity index is 1.98. The number of Topliss-reactive ketones (excluding diaryl/α,β-unsaturated/α-hetero) is 1. The Morgan fingerprint density at radius 3 is 2.65 bits per heavy atom. The van der Waals surface area contributed by atoms with Crippen molar-refractivity contribution in [2.45, 2.75) is 83.4 Å². The van der Waals surface area contributed by atoms with Gasteiger partial charge >= 0.3 is 0 Å². The lowest BCUT2D eigenvalue weighted by Crippen LogP contribution is -2.32. The lowest BCUT2D eigenvalue weighted by Gasteiger charge is -2.27. The fourth-order valence-electron chi connectivity index (χ4n) is 3.94. The molecule has 5 heteroatoms. The molecule has 26 heavy (non-hydrogen) atoms. The summed E-state index contributed by atoms with van der Waals surface area (Å²) in [6.45, 7) is 3.00. The van der Waals surface area contributed by atoms with E-state index in [0.29, 0.717) is 6.42 Å². The average Bonchev–Trinajstić information content (AvgIpc) is 3.02. The van der Waals surface area contributed by atoms with Crippen molar-refractivity contribution in [1.29, 1.82) is 0 Å². The second-order valence-corrected chi connectivity index (χ2v) is 7.39. The first-order valence-corrected chi connectivity index (χ1v) is 10.2. The van der Waals surface area contributed by atoms with E-state index >= 15 is 0 Å². The van der Waals surface area contributed by atoms with Crippen molar-refractivity contribution in [3.8, 4) is 0 Å². The van der Waals surface area contributed by atoms with Crippen molar-refractivity contribution in [3.63, 3.8) is 0 Å². The summed E-state index contributed by atoms with van der Waals surface area (Å²) in [6.07, 6.45) is 13.0. The zero-order valence-corrected chi connectivity index (χ0v) is 16.7. The van der Waals surface area contributed by atoms with Crippen LogP contribution in [0, 0.1) is 11.8 Å². The Morgan fingerprint density at radius 2 is 2.00 bits per heavy atom. The number of hydrogen-bond acceptors (Lipinski definition) is 5. The van der Waals surface area contributed by atoms with Gasteiger partial charge in [-0.3, -0.25) is 4.79 Å². The maximum atomic E-state index is 12.3. The number of carbonyl (C=O) groups is 1. The molecule has 150 valence electrons. The van der Waals surface area contributed by atoms with Crippen LogP contribution in [0.15, 0.2) is 12.2 Å². The van der Waals surface area contributed by atoms with Gasteiger partial charge in [-0.1, -0.05) is 38.3 Å². The second kappa shape index (κ2) is 11.9. The summed E-state index contributed by atoms with van der Waals surface area (Å²) in [6, 6.07) is 0. The van der Waals surface area contributed by atoms with Gasteiger partial charge < -0.3 is 18.9 Å². The summed E-state index contributed by atoms with van der Waals surface area (Å²) in [5, 5.41) is 0. The van der Waals surface area contributed by atoms with Gasteiger partial charge in [-0.15, -0.1) is 0 Å². The molecule has 2 rings (SSSR count). The number of carbonyl (C=O) groups excluding carboxylic acids is 1. The molecule has 1 aliphatic carbocycles. The molecule has 0 aromatic rings. The zero-order valence-electron chi connectivity index (χ0n) is 16.7. The van der Waals surface area contributed by atoms with Gasteiger partial charge in [-0.25, -0.2) is 0 Å². The molecule has 0 spiro atoms. The number of unbranched alkanes of at least 4 members (excludes halogenated alkanes) is 2. The van der Waals surface area contributed by atoms with Crippen LogP contribution in [-0.4, -0.2) is 45.3 Å². The minimum Gasteiger partial charge on any atom is -0.355 e. The SMILES string of the molecule is CCCCCC(C=C[C@H]1CCC(=O)[C@@H]1C(OC)OC)OC1CCCCO1. The molecule has 2 fully saturated rings. The van der Waals surface area contributed by atoms with Gasteiger partial charge in [0.25, 0.3) is 0 Å². The Kier molecular flexibility index (Phi) is 9.83. The third kappa shape index (κ3) is 6.45. The third-order valence-corrected chi connectivity index (χ3v) is 5.44. The first-order valence-electron chi connectivity index (χ1n) is 10.2. The van der Waals surface area contributed by atoms with Gasteiger partial charge in [0.1, 0.15) is 5.78 Å². The minimum atomic E-state index is -0.471. The van der Waals surface area contributed by atoms with Crippen molar-refractivity contribution >= 4 is 5.78 Å². The predicted octanol–water partition coefficient (Wildman–Crippen LogP) is 4.25. The molecule has 0 N–H and O–H groups in total. The van der Waals surface area contributed by atoms with E-state index in [1.165, 1.54) is 19.3 Å². The maximum Gasteiger partial charge on any atom is 0.167 e. The molecule has 4 atom stereocenters. The highest BCUT2D eigenvalue weighted by molar-refractivity contribution is 5.84. The van der Waals surface area contributed by atoms with Crippen molar-refractivity contribution < 1.29 is 23.7 Å². The topological polar surface area (TPSA) is 54.0 Å². The number of methoxy groups -OCH3 is 2. The summed E-state index contributed by atoms with van der Waals surface area (Å²) in [5.41, 5.74) is 0. The van der Waals surface area contributed by atoms with E-state index in [9.17, 15) is 4.79 Å². The van der Waals surface area contributed by atoms with Crippen LogP contribution in [0.4, 0.5) is 0 Å². The van der Waals surface area contributed by atoms with Gasteiger partial charge in [0.15, 0.2) is 12.6 Å². The normalized spacial score (nSPS) is 28.3. The third-order valence-electron chi connectivity index (χ3n) is 5.44. The van der Waals surface area contributed by atoms with Gasteiger partial charge in [0, 0.05) is 27.2 Å². The molecule has 2 aliphatic rings. The highest BCUT2D eigenvalue weighted by atomic mass is 16.7. The van der Waals surface area contributed by atoms with E-state index < -0.39 is 6.29 Å². The van der Waals surface area contributed by atoms with Gasteiger partial charge in [-0.05, 0) is 38.0 Å². The van der Waals surface area contributed by atoms with Gasteiger partial charge in [0.2, 0.25) is 0 Å². The summed E-state index contributed by atoms with van der Waals surface area (Å²) in [4.78, 5) is 12.3. The number of rotatable bonds is 11. The molecule has 0 aromatic heterocycles. The molecule has 0 radical (unpaired) electrons. The molecular formula is C21H36O5. The smallest absolute Gasteiger partial charge is 0.167 e.